The number of carbonyl (C=O) groups excluding carboxylic acids is 1. The topological polar surface area (TPSA) is 84.2 Å². The Morgan fingerprint density at radius 3 is 2.50 bits per heavy atom. The number of hydrogen-bond acceptors (Lipinski definition) is 3. The molecule has 2 N–H and O–H groups in total. The number of carboxylic acid groups (broad SMARTS) is 1. The molecule has 24 heavy (non-hydrogen) atoms. The van der Waals surface area contributed by atoms with Crippen molar-refractivity contribution < 1.29 is 14.7 Å². The number of nitrogens with zero attached hydrogens (tertiary/aromatic N) is 2. The molecule has 6 heteroatoms. The van der Waals surface area contributed by atoms with E-state index in [1.807, 2.05) is 51.1 Å². The van der Waals surface area contributed by atoms with Crippen LogP contribution in [-0.2, 0) is 4.79 Å². The summed E-state index contributed by atoms with van der Waals surface area (Å²) in [6.07, 6.45) is 0.521. The van der Waals surface area contributed by atoms with Crippen molar-refractivity contribution in [2.24, 2.45) is 11.8 Å². The Morgan fingerprint density at radius 1 is 1.25 bits per heavy atom. The molecular formula is C18H23N3O3. The second kappa shape index (κ2) is 7.77. The molecule has 0 radical (unpaired) electrons. The average Bonchev–Trinajstić information content (AvgIpc) is 2.93. The summed E-state index contributed by atoms with van der Waals surface area (Å²) in [6.45, 7) is 5.89. The van der Waals surface area contributed by atoms with Crippen LogP contribution >= 0.6 is 0 Å². The summed E-state index contributed by atoms with van der Waals surface area (Å²) < 4.78 is 1.69. The Hall–Kier alpha value is -2.63. The van der Waals surface area contributed by atoms with Gasteiger partial charge in [-0.05, 0) is 37.5 Å². The molecule has 1 unspecified atom stereocenters. The summed E-state index contributed by atoms with van der Waals surface area (Å²) in [7, 11) is 0. The third-order valence-electron chi connectivity index (χ3n) is 3.74. The first kappa shape index (κ1) is 17.7. The minimum atomic E-state index is -0.894. The zero-order valence-electron chi connectivity index (χ0n) is 14.2. The van der Waals surface area contributed by atoms with Crippen molar-refractivity contribution in [1.29, 1.82) is 0 Å². The number of para-hydroxylation sites is 1. The van der Waals surface area contributed by atoms with Crippen LogP contribution in [0, 0.1) is 18.8 Å². The average molecular weight is 329 g/mol. The molecule has 0 saturated carbocycles. The highest BCUT2D eigenvalue weighted by molar-refractivity contribution is 5.92. The number of hydrogen-bond donors (Lipinski definition) is 2. The molecule has 128 valence electrons. The number of nitrogens with one attached hydrogen (secondary N) is 1. The largest absolute Gasteiger partial charge is 0.481 e. The van der Waals surface area contributed by atoms with Gasteiger partial charge < -0.3 is 10.4 Å². The summed E-state index contributed by atoms with van der Waals surface area (Å²) in [5, 5.41) is 16.2. The monoisotopic (exact) mass is 329 g/mol. The van der Waals surface area contributed by atoms with Gasteiger partial charge in [-0.15, -0.1) is 0 Å². The number of amides is 1. The minimum Gasteiger partial charge on any atom is -0.481 e. The van der Waals surface area contributed by atoms with Gasteiger partial charge in [0.2, 0.25) is 0 Å². The molecule has 2 aromatic rings. The lowest BCUT2D eigenvalue weighted by Crippen LogP contribution is -2.33. The van der Waals surface area contributed by atoms with E-state index in [4.69, 9.17) is 0 Å². The van der Waals surface area contributed by atoms with Gasteiger partial charge in [0.25, 0.3) is 5.91 Å². The van der Waals surface area contributed by atoms with Gasteiger partial charge in [0.15, 0.2) is 5.69 Å². The van der Waals surface area contributed by atoms with E-state index in [0.717, 1.165) is 11.4 Å². The third kappa shape index (κ3) is 4.44. The van der Waals surface area contributed by atoms with Crippen LogP contribution in [0.15, 0.2) is 36.4 Å². The minimum absolute atomic E-state index is 0.101. The highest BCUT2D eigenvalue weighted by atomic mass is 16.4. The maximum absolute atomic E-state index is 12.3. The molecular weight excluding hydrogens is 306 g/mol. The Labute approximate surface area is 141 Å². The van der Waals surface area contributed by atoms with E-state index >= 15 is 0 Å². The molecule has 0 saturated heterocycles. The maximum atomic E-state index is 12.3. The summed E-state index contributed by atoms with van der Waals surface area (Å²) in [4.78, 5) is 23.5. The van der Waals surface area contributed by atoms with E-state index in [2.05, 4.69) is 10.4 Å². The van der Waals surface area contributed by atoms with Crippen molar-refractivity contribution in [1.82, 2.24) is 15.1 Å². The lowest BCUT2D eigenvalue weighted by atomic mass is 9.97. The highest BCUT2D eigenvalue weighted by Crippen LogP contribution is 2.13. The normalized spacial score (nSPS) is 12.2. The highest BCUT2D eigenvalue weighted by Gasteiger charge is 2.21. The summed E-state index contributed by atoms with van der Waals surface area (Å²) in [5.41, 5.74) is 1.99. The van der Waals surface area contributed by atoms with E-state index in [-0.39, 0.29) is 24.1 Å². The standard InChI is InChI=1S/C18H23N3O3/c1-12(2)9-14(18(23)24)11-19-17(22)16-10-13(3)21(20-16)15-7-5-4-6-8-15/h4-8,10,12,14H,9,11H2,1-3H3,(H,19,22)(H,23,24). The van der Waals surface area contributed by atoms with Crippen molar-refractivity contribution in [3.63, 3.8) is 0 Å². The fourth-order valence-corrected chi connectivity index (χ4v) is 2.56. The number of aryl methyl sites for hydroxylation is 1. The molecule has 0 bridgehead atoms. The van der Waals surface area contributed by atoms with Gasteiger partial charge in [-0.2, -0.15) is 5.10 Å². The third-order valence-corrected chi connectivity index (χ3v) is 3.74. The second-order valence-electron chi connectivity index (χ2n) is 6.29. The van der Waals surface area contributed by atoms with Gasteiger partial charge in [0, 0.05) is 12.2 Å². The number of carboxylic acids is 1. The van der Waals surface area contributed by atoms with E-state index in [1.54, 1.807) is 10.7 Å². The molecule has 1 aromatic heterocycles. The van der Waals surface area contributed by atoms with Crippen LogP contribution in [0.3, 0.4) is 0 Å². The second-order valence-corrected chi connectivity index (χ2v) is 6.29. The van der Waals surface area contributed by atoms with E-state index in [0.29, 0.717) is 6.42 Å². The van der Waals surface area contributed by atoms with Crippen molar-refractivity contribution in [3.05, 3.63) is 47.8 Å². The van der Waals surface area contributed by atoms with Gasteiger partial charge in [-0.25, -0.2) is 4.68 Å². The molecule has 0 aliphatic rings. The van der Waals surface area contributed by atoms with Crippen molar-refractivity contribution in [3.8, 4) is 5.69 Å². The van der Waals surface area contributed by atoms with E-state index < -0.39 is 11.9 Å². The van der Waals surface area contributed by atoms with Crippen LogP contribution in [-0.4, -0.2) is 33.3 Å². The molecule has 1 aromatic carbocycles. The molecule has 0 aliphatic heterocycles. The number of carbonyl (C=O) groups is 2. The molecule has 0 spiro atoms. The first-order valence-electron chi connectivity index (χ1n) is 8.01. The van der Waals surface area contributed by atoms with Crippen LogP contribution in [0.2, 0.25) is 0 Å². The number of aromatic nitrogens is 2. The molecule has 1 heterocycles. The first-order chi connectivity index (χ1) is 11.4. The van der Waals surface area contributed by atoms with Gasteiger partial charge in [-0.1, -0.05) is 32.0 Å². The van der Waals surface area contributed by atoms with Crippen molar-refractivity contribution in [2.45, 2.75) is 27.2 Å². The fraction of sp³-hybridized carbons (Fsp3) is 0.389. The van der Waals surface area contributed by atoms with Gasteiger partial charge in [0.05, 0.1) is 11.6 Å². The zero-order chi connectivity index (χ0) is 17.7. The Kier molecular flexibility index (Phi) is 5.73. The molecule has 6 nitrogen and oxygen atoms in total. The Balaban J connectivity index is 2.07. The first-order valence-corrected chi connectivity index (χ1v) is 8.01. The number of rotatable bonds is 7. The number of aliphatic carboxylic acids is 1. The lowest BCUT2D eigenvalue weighted by Gasteiger charge is -2.14. The van der Waals surface area contributed by atoms with Crippen LogP contribution in [0.1, 0.15) is 36.5 Å². The van der Waals surface area contributed by atoms with E-state index in [9.17, 15) is 14.7 Å². The summed E-state index contributed by atoms with van der Waals surface area (Å²) in [6, 6.07) is 11.2. The SMILES string of the molecule is Cc1cc(C(=O)NCC(CC(C)C)C(=O)O)nn1-c1ccccc1. The molecule has 2 rings (SSSR count). The molecule has 0 fully saturated rings. The predicted octanol–water partition coefficient (Wildman–Crippen LogP) is 2.66. The lowest BCUT2D eigenvalue weighted by molar-refractivity contribution is -0.142. The smallest absolute Gasteiger partial charge is 0.308 e. The Morgan fingerprint density at radius 2 is 1.92 bits per heavy atom. The Bertz CT molecular complexity index is 708. The zero-order valence-corrected chi connectivity index (χ0v) is 14.2. The predicted molar refractivity (Wildman–Crippen MR) is 91.2 cm³/mol. The van der Waals surface area contributed by atoms with Crippen molar-refractivity contribution >= 4 is 11.9 Å². The maximum Gasteiger partial charge on any atom is 0.308 e. The summed E-state index contributed by atoms with van der Waals surface area (Å²) in [5.74, 6) is -1.59. The van der Waals surface area contributed by atoms with Gasteiger partial charge in [0.1, 0.15) is 0 Å². The van der Waals surface area contributed by atoms with Crippen molar-refractivity contribution in [2.75, 3.05) is 6.54 Å². The van der Waals surface area contributed by atoms with E-state index in [1.165, 1.54) is 0 Å². The van der Waals surface area contributed by atoms with Gasteiger partial charge >= 0.3 is 5.97 Å². The van der Waals surface area contributed by atoms with Gasteiger partial charge in [-0.3, -0.25) is 9.59 Å². The van der Waals surface area contributed by atoms with Crippen LogP contribution in [0.5, 0.6) is 0 Å². The van der Waals surface area contributed by atoms with Crippen LogP contribution in [0.25, 0.3) is 5.69 Å². The fourth-order valence-electron chi connectivity index (χ4n) is 2.56. The quantitative estimate of drug-likeness (QED) is 0.818. The molecule has 1 amide bonds. The summed E-state index contributed by atoms with van der Waals surface area (Å²) >= 11 is 0. The number of benzene rings is 1. The molecule has 0 aliphatic carbocycles. The van der Waals surface area contributed by atoms with Crippen LogP contribution < -0.4 is 5.32 Å². The van der Waals surface area contributed by atoms with Crippen LogP contribution in [0.4, 0.5) is 0 Å². The molecule has 1 atom stereocenters.